The third-order valence-electron chi connectivity index (χ3n) is 16.9. The van der Waals surface area contributed by atoms with Crippen LogP contribution in [0.15, 0.2) is 72.4 Å². The monoisotopic (exact) mass is 1130 g/mol. The number of aryl methyl sites for hydroxylation is 2. The van der Waals surface area contributed by atoms with Gasteiger partial charge in [-0.05, 0) is 109 Å². The summed E-state index contributed by atoms with van der Waals surface area (Å²) in [4.78, 5) is 70.6. The maximum absolute atomic E-state index is 17.3. The lowest BCUT2D eigenvalue weighted by atomic mass is 9.85. The highest BCUT2D eigenvalue weighted by Gasteiger charge is 2.44. The lowest BCUT2D eigenvalue weighted by molar-refractivity contribution is -0.144. The van der Waals surface area contributed by atoms with Crippen LogP contribution in [0.25, 0.3) is 43.2 Å². The number of halogens is 2. The number of carbonyl (C=O) groups is 4. The summed E-state index contributed by atoms with van der Waals surface area (Å²) in [5.41, 5.74) is 5.61. The van der Waals surface area contributed by atoms with Gasteiger partial charge in [-0.25, -0.2) is 13.8 Å². The van der Waals surface area contributed by atoms with Crippen molar-refractivity contribution in [3.05, 3.63) is 101 Å². The lowest BCUT2D eigenvalue weighted by Crippen LogP contribution is -2.57. The van der Waals surface area contributed by atoms with Crippen molar-refractivity contribution in [2.45, 2.75) is 161 Å². The van der Waals surface area contributed by atoms with E-state index in [1.165, 1.54) is 17.0 Å². The standard InChI is InChI=1S/C63H76F2N8O7S/c1-6-47-51(64)23-20-40-25-44(74)26-49(56(40)47)58-57(65)48-28-46(29-52(50(48)31-66-58)71-32-41-21-22-42(33-71)69-41)80-35-43-13-12-24-72(43)55(77)15-11-9-7-8-10-14-54(76)70-60(63(3,4)5)62(79)73-34-45(75)27-53(73)61(78)67-30-38-16-18-39(19-17-38)59-37(2)68-36-81-59/h16-20,23,25-26,28-29,31,36,41-43,45,53,60,69,74-75H,6-15,21-22,24,27,30,32-35H2,1-5H3,(H,67,78)(H,70,76)/t41?,42?,43-,45+,53-,60?/m0/s1. The highest BCUT2D eigenvalue weighted by Crippen LogP contribution is 2.42. The number of anilines is 1. The van der Waals surface area contributed by atoms with Gasteiger partial charge in [-0.2, -0.15) is 0 Å². The Hall–Kier alpha value is -6.76. The molecule has 4 fully saturated rings. The van der Waals surface area contributed by atoms with E-state index in [0.717, 1.165) is 85.4 Å². The summed E-state index contributed by atoms with van der Waals surface area (Å²) >= 11 is 1.57. The second-order valence-electron chi connectivity index (χ2n) is 23.7. The Labute approximate surface area is 476 Å². The first kappa shape index (κ1) is 57.5. The highest BCUT2D eigenvalue weighted by molar-refractivity contribution is 7.13. The lowest BCUT2D eigenvalue weighted by Gasteiger charge is -2.35. The van der Waals surface area contributed by atoms with Crippen molar-refractivity contribution >= 4 is 62.2 Å². The molecule has 0 saturated carbocycles. The number of hydrogen-bond acceptors (Lipinski definition) is 12. The number of hydrogen-bond donors (Lipinski definition) is 5. The normalized spacial score (nSPS) is 20.3. The molecule has 6 atom stereocenters. The van der Waals surface area contributed by atoms with Gasteiger partial charge in [0.1, 0.15) is 41.7 Å². The average molecular weight is 1130 g/mol. The van der Waals surface area contributed by atoms with Gasteiger partial charge < -0.3 is 45.6 Å². The second kappa shape index (κ2) is 24.8. The molecule has 18 heteroatoms. The molecule has 6 heterocycles. The number of amides is 4. The summed E-state index contributed by atoms with van der Waals surface area (Å²) in [5.74, 6) is -1.54. The van der Waals surface area contributed by atoms with Crippen molar-refractivity contribution in [1.82, 2.24) is 35.7 Å². The zero-order valence-electron chi connectivity index (χ0n) is 47.2. The fraction of sp³-hybridized carbons (Fsp3) is 0.492. The number of thiazole rings is 1. The highest BCUT2D eigenvalue weighted by atomic mass is 32.1. The van der Waals surface area contributed by atoms with Gasteiger partial charge in [-0.1, -0.05) is 77.3 Å². The van der Waals surface area contributed by atoms with Gasteiger partial charge in [0.25, 0.3) is 0 Å². The molecular weight excluding hydrogens is 1050 g/mol. The molecule has 4 saturated heterocycles. The number of aromatic hydroxyl groups is 1. The number of benzene rings is 4. The molecule has 3 unspecified atom stereocenters. The fourth-order valence-corrected chi connectivity index (χ4v) is 13.4. The second-order valence-corrected chi connectivity index (χ2v) is 24.6. The molecule has 4 aromatic carbocycles. The Morgan fingerprint density at radius 1 is 0.889 bits per heavy atom. The van der Waals surface area contributed by atoms with Gasteiger partial charge in [0.15, 0.2) is 5.82 Å². The zero-order chi connectivity index (χ0) is 57.1. The van der Waals surface area contributed by atoms with Crippen LogP contribution in [0.3, 0.4) is 0 Å². The number of pyridine rings is 1. The minimum atomic E-state index is -0.910. The van der Waals surface area contributed by atoms with Crippen LogP contribution in [0.1, 0.15) is 122 Å². The topological polar surface area (TPSA) is 190 Å². The number of unbranched alkanes of at least 4 members (excludes halogenated alkanes) is 4. The summed E-state index contributed by atoms with van der Waals surface area (Å²) in [5, 5.41) is 33.1. The van der Waals surface area contributed by atoms with Crippen LogP contribution in [-0.2, 0) is 32.1 Å². The molecule has 2 aromatic heterocycles. The molecule has 430 valence electrons. The van der Waals surface area contributed by atoms with Gasteiger partial charge in [-0.15, -0.1) is 11.3 Å². The van der Waals surface area contributed by atoms with Crippen LogP contribution in [-0.4, -0.2) is 123 Å². The Morgan fingerprint density at radius 3 is 2.35 bits per heavy atom. The molecule has 6 aromatic rings. The Kier molecular flexibility index (Phi) is 17.6. The smallest absolute Gasteiger partial charge is 0.246 e. The number of fused-ring (bicyclic) bond motifs is 4. The number of aliphatic hydroxyl groups excluding tert-OH is 1. The van der Waals surface area contributed by atoms with Crippen LogP contribution in [0, 0.1) is 24.0 Å². The van der Waals surface area contributed by atoms with E-state index in [2.05, 4.69) is 30.8 Å². The molecule has 15 nitrogen and oxygen atoms in total. The predicted molar refractivity (Wildman–Crippen MR) is 312 cm³/mol. The van der Waals surface area contributed by atoms with Crippen LogP contribution < -0.4 is 25.6 Å². The first-order valence-corrected chi connectivity index (χ1v) is 29.9. The summed E-state index contributed by atoms with van der Waals surface area (Å²) in [7, 11) is 0. The molecule has 5 N–H and O–H groups in total. The first-order chi connectivity index (χ1) is 38.9. The number of rotatable bonds is 20. The van der Waals surface area contributed by atoms with E-state index in [1.807, 2.05) is 75.4 Å². The molecule has 4 aliphatic heterocycles. The number of aromatic nitrogens is 2. The number of nitrogens with one attached hydrogen (secondary N) is 3. The molecule has 4 aliphatic rings. The fourth-order valence-electron chi connectivity index (χ4n) is 12.6. The molecule has 2 bridgehead atoms. The number of aliphatic hydroxyl groups is 1. The van der Waals surface area contributed by atoms with Crippen molar-refractivity contribution in [2.75, 3.05) is 37.7 Å². The summed E-state index contributed by atoms with van der Waals surface area (Å²) in [6, 6.07) is 16.2. The molecule has 4 amide bonds. The quantitative estimate of drug-likeness (QED) is 0.0458. The number of carbonyl (C=O) groups excluding carboxylic acids is 4. The van der Waals surface area contributed by atoms with E-state index in [-0.39, 0.29) is 67.7 Å². The average Bonchev–Trinajstić information content (AvgIpc) is 4.29. The number of phenols is 1. The minimum absolute atomic E-state index is 0.00339. The van der Waals surface area contributed by atoms with Crippen molar-refractivity contribution in [1.29, 1.82) is 0 Å². The van der Waals surface area contributed by atoms with Gasteiger partial charge in [0.05, 0.1) is 33.9 Å². The van der Waals surface area contributed by atoms with Crippen LogP contribution >= 0.6 is 11.3 Å². The number of likely N-dealkylation sites (tertiary alicyclic amines) is 2. The number of nitrogens with zero attached hydrogens (tertiary/aromatic N) is 5. The van der Waals surface area contributed by atoms with Crippen molar-refractivity contribution in [2.24, 2.45) is 5.41 Å². The molecule has 0 spiro atoms. The Bertz CT molecular complexity index is 3280. The zero-order valence-corrected chi connectivity index (χ0v) is 48.0. The van der Waals surface area contributed by atoms with Crippen molar-refractivity contribution in [3.8, 4) is 33.2 Å². The molecular formula is C63H76F2N8O7S. The van der Waals surface area contributed by atoms with Crippen LogP contribution in [0.2, 0.25) is 0 Å². The third kappa shape index (κ3) is 12.8. The number of piperazine rings is 1. The third-order valence-corrected chi connectivity index (χ3v) is 17.8. The summed E-state index contributed by atoms with van der Waals surface area (Å²) in [6.07, 6.45) is 9.35. The Balaban J connectivity index is 0.708. The van der Waals surface area contributed by atoms with Crippen LogP contribution in [0.4, 0.5) is 14.5 Å². The van der Waals surface area contributed by atoms with Crippen molar-refractivity contribution in [3.63, 3.8) is 0 Å². The van der Waals surface area contributed by atoms with Gasteiger partial charge in [-0.3, -0.25) is 24.2 Å². The summed E-state index contributed by atoms with van der Waals surface area (Å²) < 4.78 is 39.0. The summed E-state index contributed by atoms with van der Waals surface area (Å²) in [6.45, 7) is 12.0. The molecule has 0 aliphatic carbocycles. The van der Waals surface area contributed by atoms with E-state index in [0.29, 0.717) is 82.7 Å². The van der Waals surface area contributed by atoms with E-state index >= 15 is 8.78 Å². The largest absolute Gasteiger partial charge is 0.508 e. The number of ether oxygens (including phenoxy) is 1. The van der Waals surface area contributed by atoms with Crippen LogP contribution in [0.5, 0.6) is 11.5 Å². The van der Waals surface area contributed by atoms with Gasteiger partial charge in [0.2, 0.25) is 23.6 Å². The Morgan fingerprint density at radius 2 is 1.63 bits per heavy atom. The molecule has 0 radical (unpaired) electrons. The maximum atomic E-state index is 17.3. The maximum Gasteiger partial charge on any atom is 0.246 e. The first-order valence-electron chi connectivity index (χ1n) is 29.0. The molecule has 81 heavy (non-hydrogen) atoms. The van der Waals surface area contributed by atoms with E-state index in [4.69, 9.17) is 4.74 Å². The molecule has 10 rings (SSSR count). The number of β-amino-alcohol motifs (C(OH)–C–C–N with tert-alkyl or cyclic N) is 1. The van der Waals surface area contributed by atoms with Crippen molar-refractivity contribution < 1.29 is 42.9 Å². The van der Waals surface area contributed by atoms with Gasteiger partial charge >= 0.3 is 0 Å². The SMILES string of the molecule is CCc1c(F)ccc2cc(O)cc(-c3ncc4c(N5CC6CCC(C5)N6)cc(OC[C@@H]5CCCN5C(=O)CCCCCCCC(=O)NC(C(=O)N5C[C@H](O)C[C@H]5C(=O)NCc5ccc(-c6scnc6C)cc5)C(C)(C)C)cc4c3F)c12. The van der Waals surface area contributed by atoms with E-state index < -0.39 is 41.1 Å². The van der Waals surface area contributed by atoms with Gasteiger partial charge in [0, 0.05) is 92.7 Å². The minimum Gasteiger partial charge on any atom is -0.508 e. The number of phenolic OH excluding ortho intramolecular Hbond substituents is 1. The van der Waals surface area contributed by atoms with E-state index in [9.17, 15) is 29.4 Å². The predicted octanol–water partition coefficient (Wildman–Crippen LogP) is 9.88. The van der Waals surface area contributed by atoms with E-state index in [1.54, 1.807) is 35.7 Å².